The average Bonchev–Trinajstić information content (AvgIpc) is 2.49. The van der Waals surface area contributed by atoms with Crippen LogP contribution in [0.15, 0.2) is 42.5 Å². The Hall–Kier alpha value is -2.47. The summed E-state index contributed by atoms with van der Waals surface area (Å²) >= 11 is 0. The Kier molecular flexibility index (Phi) is 6.98. The number of anilines is 1. The molecule has 116 valence electrons. The second kappa shape index (κ2) is 8.74. The Morgan fingerprint density at radius 1 is 1.00 bits per heavy atom. The van der Waals surface area contributed by atoms with Gasteiger partial charge in [-0.05, 0) is 50.2 Å². The van der Waals surface area contributed by atoms with Crippen LogP contribution < -0.4 is 10.5 Å². The number of hydrogen-bond donors (Lipinski definition) is 1. The number of hydrogen-bond acceptors (Lipinski definition) is 2. The van der Waals surface area contributed by atoms with Gasteiger partial charge in [0.1, 0.15) is 11.6 Å². The van der Waals surface area contributed by atoms with Crippen molar-refractivity contribution in [3.63, 3.8) is 0 Å². The molecular weight excluding hydrogens is 277 g/mol. The molecule has 0 saturated heterocycles. The molecule has 0 aliphatic carbocycles. The quantitative estimate of drug-likeness (QED) is 0.648. The monoisotopic (exact) mass is 299 g/mol. The van der Waals surface area contributed by atoms with E-state index in [1.807, 2.05) is 39.8 Å². The molecule has 2 rings (SSSR count). The topological polar surface area (TPSA) is 35.2 Å². The number of benzene rings is 2. The maximum atomic E-state index is 12.8. The van der Waals surface area contributed by atoms with E-state index in [0.717, 1.165) is 16.9 Å². The van der Waals surface area contributed by atoms with Crippen LogP contribution in [0.3, 0.4) is 0 Å². The van der Waals surface area contributed by atoms with Gasteiger partial charge < -0.3 is 10.5 Å². The van der Waals surface area contributed by atoms with Crippen molar-refractivity contribution in [2.45, 2.75) is 33.8 Å². The van der Waals surface area contributed by atoms with Crippen LogP contribution in [-0.4, -0.2) is 6.10 Å². The van der Waals surface area contributed by atoms with E-state index in [9.17, 15) is 4.39 Å². The van der Waals surface area contributed by atoms with Crippen LogP contribution in [0.4, 0.5) is 10.1 Å². The minimum Gasteiger partial charge on any atom is -0.491 e. The second-order valence-corrected chi connectivity index (χ2v) is 4.67. The molecule has 2 aromatic rings. The van der Waals surface area contributed by atoms with Gasteiger partial charge >= 0.3 is 0 Å². The van der Waals surface area contributed by atoms with Gasteiger partial charge in [-0.3, -0.25) is 0 Å². The van der Waals surface area contributed by atoms with Crippen LogP contribution in [0, 0.1) is 17.7 Å². The van der Waals surface area contributed by atoms with Crippen molar-refractivity contribution in [2.75, 3.05) is 5.73 Å². The minimum atomic E-state index is -0.273. The molecule has 2 N–H and O–H groups in total. The van der Waals surface area contributed by atoms with E-state index in [-0.39, 0.29) is 11.9 Å². The molecule has 0 saturated carbocycles. The molecule has 0 spiro atoms. The van der Waals surface area contributed by atoms with E-state index < -0.39 is 0 Å². The van der Waals surface area contributed by atoms with E-state index in [2.05, 4.69) is 11.8 Å². The van der Waals surface area contributed by atoms with Gasteiger partial charge in [0.2, 0.25) is 0 Å². The molecular formula is C19H22FNO. The van der Waals surface area contributed by atoms with Crippen LogP contribution in [0.1, 0.15) is 38.8 Å². The maximum absolute atomic E-state index is 12.8. The molecule has 0 aromatic heterocycles. The van der Waals surface area contributed by atoms with E-state index in [1.54, 1.807) is 18.2 Å². The summed E-state index contributed by atoms with van der Waals surface area (Å²) in [5, 5.41) is 0. The third-order valence-corrected chi connectivity index (χ3v) is 2.58. The minimum absolute atomic E-state index is 0.102. The second-order valence-electron chi connectivity index (χ2n) is 4.67. The predicted molar refractivity (Wildman–Crippen MR) is 90.3 cm³/mol. The van der Waals surface area contributed by atoms with Crippen LogP contribution >= 0.6 is 0 Å². The van der Waals surface area contributed by atoms with Gasteiger partial charge in [0.15, 0.2) is 0 Å². The molecule has 0 atom stereocenters. The van der Waals surface area contributed by atoms with Crippen molar-refractivity contribution in [3.8, 4) is 17.6 Å². The summed E-state index contributed by atoms with van der Waals surface area (Å²) in [5.41, 5.74) is 7.98. The van der Waals surface area contributed by atoms with Crippen molar-refractivity contribution >= 4 is 5.69 Å². The normalized spacial score (nSPS) is 9.36. The average molecular weight is 299 g/mol. The van der Waals surface area contributed by atoms with Crippen LogP contribution in [0.25, 0.3) is 0 Å². The van der Waals surface area contributed by atoms with E-state index >= 15 is 0 Å². The number of nitrogens with two attached hydrogens (primary N) is 1. The molecule has 0 unspecified atom stereocenters. The predicted octanol–water partition coefficient (Wildman–Crippen LogP) is 4.62. The fourth-order valence-electron chi connectivity index (χ4n) is 1.67. The summed E-state index contributed by atoms with van der Waals surface area (Å²) in [6.45, 7) is 7.91. The smallest absolute Gasteiger partial charge is 0.123 e. The molecule has 2 aromatic carbocycles. The van der Waals surface area contributed by atoms with Gasteiger partial charge in [0.25, 0.3) is 0 Å². The number of nitrogen functional groups attached to an aromatic ring is 1. The highest BCUT2D eigenvalue weighted by molar-refractivity contribution is 5.60. The molecule has 0 heterocycles. The highest BCUT2D eigenvalue weighted by Gasteiger charge is 2.01. The SMILES string of the molecule is CC.CC(C)Oc1ccc(C#Cc2ccc(F)cc2)c(N)c1. The van der Waals surface area contributed by atoms with Crippen molar-refractivity contribution in [1.82, 2.24) is 0 Å². The zero-order valence-corrected chi connectivity index (χ0v) is 13.5. The summed E-state index contributed by atoms with van der Waals surface area (Å²) in [6.07, 6.45) is 0.102. The van der Waals surface area contributed by atoms with E-state index in [1.165, 1.54) is 12.1 Å². The Morgan fingerprint density at radius 2 is 1.64 bits per heavy atom. The summed E-state index contributed by atoms with van der Waals surface area (Å²) in [6, 6.07) is 11.5. The summed E-state index contributed by atoms with van der Waals surface area (Å²) in [5.74, 6) is 6.38. The number of rotatable bonds is 2. The Labute approximate surface area is 132 Å². The Balaban J connectivity index is 0.00000116. The lowest BCUT2D eigenvalue weighted by molar-refractivity contribution is 0.242. The zero-order valence-electron chi connectivity index (χ0n) is 13.5. The zero-order chi connectivity index (χ0) is 16.5. The fraction of sp³-hybridized carbons (Fsp3) is 0.263. The molecule has 0 bridgehead atoms. The lowest BCUT2D eigenvalue weighted by Crippen LogP contribution is -2.06. The number of ether oxygens (including phenoxy) is 1. The van der Waals surface area contributed by atoms with Gasteiger partial charge in [0.05, 0.1) is 11.8 Å². The Morgan fingerprint density at radius 3 is 2.18 bits per heavy atom. The highest BCUT2D eigenvalue weighted by Crippen LogP contribution is 2.20. The van der Waals surface area contributed by atoms with Crippen molar-refractivity contribution in [3.05, 3.63) is 59.4 Å². The van der Waals surface area contributed by atoms with Crippen LogP contribution in [0.5, 0.6) is 5.75 Å². The summed E-state index contributed by atoms with van der Waals surface area (Å²) < 4.78 is 18.3. The van der Waals surface area contributed by atoms with Gasteiger partial charge in [-0.2, -0.15) is 0 Å². The molecule has 0 aliphatic rings. The van der Waals surface area contributed by atoms with E-state index in [0.29, 0.717) is 5.69 Å². The van der Waals surface area contributed by atoms with Crippen molar-refractivity contribution in [2.24, 2.45) is 0 Å². The molecule has 2 nitrogen and oxygen atoms in total. The molecule has 0 aliphatic heterocycles. The first-order valence-corrected chi connectivity index (χ1v) is 7.38. The molecule has 0 fully saturated rings. The van der Waals surface area contributed by atoms with Crippen molar-refractivity contribution < 1.29 is 9.13 Å². The largest absolute Gasteiger partial charge is 0.491 e. The fourth-order valence-corrected chi connectivity index (χ4v) is 1.67. The number of halogens is 1. The first-order chi connectivity index (χ1) is 10.5. The standard InChI is InChI=1S/C17H16FNO.C2H6/c1-12(2)20-16-10-7-14(17(19)11-16)6-3-13-4-8-15(18)9-5-13;1-2/h4-5,7-12H,19H2,1-2H3;1-2H3. The van der Waals surface area contributed by atoms with Gasteiger partial charge in [-0.15, -0.1) is 0 Å². The van der Waals surface area contributed by atoms with Crippen LogP contribution in [0.2, 0.25) is 0 Å². The molecule has 0 radical (unpaired) electrons. The molecule has 22 heavy (non-hydrogen) atoms. The van der Waals surface area contributed by atoms with Gasteiger partial charge in [-0.1, -0.05) is 25.7 Å². The van der Waals surface area contributed by atoms with Gasteiger partial charge in [-0.25, -0.2) is 4.39 Å². The molecule has 0 amide bonds. The summed E-state index contributed by atoms with van der Waals surface area (Å²) in [4.78, 5) is 0. The molecule has 3 heteroatoms. The Bertz CT molecular complexity index is 651. The van der Waals surface area contributed by atoms with Gasteiger partial charge in [0, 0.05) is 17.2 Å². The first-order valence-electron chi connectivity index (χ1n) is 7.38. The lowest BCUT2D eigenvalue weighted by Gasteiger charge is -2.10. The maximum Gasteiger partial charge on any atom is 0.123 e. The third-order valence-electron chi connectivity index (χ3n) is 2.58. The highest BCUT2D eigenvalue weighted by atomic mass is 19.1. The third kappa shape index (κ3) is 5.49. The summed E-state index contributed by atoms with van der Waals surface area (Å²) in [7, 11) is 0. The van der Waals surface area contributed by atoms with Crippen LogP contribution in [-0.2, 0) is 0 Å². The lowest BCUT2D eigenvalue weighted by atomic mass is 10.1. The first kappa shape index (κ1) is 17.6. The van der Waals surface area contributed by atoms with E-state index in [4.69, 9.17) is 10.5 Å². The van der Waals surface area contributed by atoms with Crippen molar-refractivity contribution in [1.29, 1.82) is 0 Å².